The van der Waals surface area contributed by atoms with Gasteiger partial charge in [-0.05, 0) is 45.4 Å². The molecule has 1 amide bonds. The van der Waals surface area contributed by atoms with E-state index >= 15 is 0 Å². The molecule has 2 rings (SSSR count). The lowest BCUT2D eigenvalue weighted by Gasteiger charge is -2.06. The molecule has 0 unspecified atom stereocenters. The minimum atomic E-state index is -0.280. The number of thiophene rings is 1. The standard InChI is InChI=1S/C13H14BrN3O2S/c1-2-5-17-12(18)4-3-10(16-17)13(19)15-7-9-6-11(14)20-8-9/h3-4,6,8H,2,5,7H2,1H3,(H,15,19). The predicted octanol–water partition coefficient (Wildman–Crippen LogP) is 2.41. The van der Waals surface area contributed by atoms with Crippen molar-refractivity contribution in [3.63, 3.8) is 0 Å². The van der Waals surface area contributed by atoms with Crippen LogP contribution >= 0.6 is 27.3 Å². The average molecular weight is 356 g/mol. The Kier molecular flexibility index (Phi) is 5.08. The number of rotatable bonds is 5. The lowest BCUT2D eigenvalue weighted by atomic mass is 10.3. The lowest BCUT2D eigenvalue weighted by molar-refractivity contribution is 0.0943. The summed E-state index contributed by atoms with van der Waals surface area (Å²) in [4.78, 5) is 23.5. The van der Waals surface area contributed by atoms with Crippen molar-refractivity contribution in [1.82, 2.24) is 15.1 Å². The zero-order valence-electron chi connectivity index (χ0n) is 10.9. The highest BCUT2D eigenvalue weighted by molar-refractivity contribution is 9.11. The second-order valence-electron chi connectivity index (χ2n) is 4.22. The molecule has 0 bridgehead atoms. The first-order chi connectivity index (χ1) is 9.60. The molecule has 2 heterocycles. The number of hydrogen-bond donors (Lipinski definition) is 1. The maximum atomic E-state index is 12.0. The quantitative estimate of drug-likeness (QED) is 0.895. The minimum absolute atomic E-state index is 0.190. The van der Waals surface area contributed by atoms with Gasteiger partial charge < -0.3 is 5.32 Å². The van der Waals surface area contributed by atoms with Crippen LogP contribution < -0.4 is 10.9 Å². The highest BCUT2D eigenvalue weighted by Crippen LogP contribution is 2.20. The molecule has 5 nitrogen and oxygen atoms in total. The fraction of sp³-hybridized carbons (Fsp3) is 0.308. The normalized spacial score (nSPS) is 10.5. The molecule has 0 aliphatic heterocycles. The third-order valence-electron chi connectivity index (χ3n) is 2.61. The van der Waals surface area contributed by atoms with Gasteiger partial charge in [0.15, 0.2) is 0 Å². The first kappa shape index (κ1) is 14.9. The molecular weight excluding hydrogens is 342 g/mol. The molecule has 0 saturated carbocycles. The first-order valence-corrected chi connectivity index (χ1v) is 7.86. The number of hydrogen-bond acceptors (Lipinski definition) is 4. The van der Waals surface area contributed by atoms with Gasteiger partial charge in [-0.25, -0.2) is 4.68 Å². The summed E-state index contributed by atoms with van der Waals surface area (Å²) in [6, 6.07) is 4.78. The van der Waals surface area contributed by atoms with Crippen LogP contribution in [0.25, 0.3) is 0 Å². The van der Waals surface area contributed by atoms with Gasteiger partial charge in [0.25, 0.3) is 11.5 Å². The van der Waals surface area contributed by atoms with Crippen LogP contribution in [0.2, 0.25) is 0 Å². The van der Waals surface area contributed by atoms with Gasteiger partial charge in [-0.2, -0.15) is 5.10 Å². The van der Waals surface area contributed by atoms with Crippen molar-refractivity contribution < 1.29 is 4.79 Å². The van der Waals surface area contributed by atoms with Crippen LogP contribution in [0.15, 0.2) is 32.2 Å². The maximum absolute atomic E-state index is 12.0. The molecule has 2 aromatic rings. The molecule has 1 N–H and O–H groups in total. The van der Waals surface area contributed by atoms with Gasteiger partial charge in [-0.3, -0.25) is 9.59 Å². The van der Waals surface area contributed by atoms with Gasteiger partial charge in [-0.15, -0.1) is 11.3 Å². The Balaban J connectivity index is 2.05. The summed E-state index contributed by atoms with van der Waals surface area (Å²) in [5.41, 5.74) is 1.09. The number of nitrogens with zero attached hydrogens (tertiary/aromatic N) is 2. The maximum Gasteiger partial charge on any atom is 0.271 e. The van der Waals surface area contributed by atoms with Crippen molar-refractivity contribution in [3.05, 3.63) is 49.0 Å². The number of amides is 1. The number of carbonyl (C=O) groups is 1. The minimum Gasteiger partial charge on any atom is -0.347 e. The molecule has 0 aromatic carbocycles. The fourth-order valence-electron chi connectivity index (χ4n) is 1.65. The van der Waals surface area contributed by atoms with Crippen molar-refractivity contribution in [2.45, 2.75) is 26.4 Å². The molecule has 0 radical (unpaired) electrons. The van der Waals surface area contributed by atoms with E-state index in [1.165, 1.54) is 16.8 Å². The average Bonchev–Trinajstić information content (AvgIpc) is 2.84. The van der Waals surface area contributed by atoms with E-state index < -0.39 is 0 Å². The van der Waals surface area contributed by atoms with Crippen molar-refractivity contribution in [1.29, 1.82) is 0 Å². The Labute approximate surface area is 128 Å². The highest BCUT2D eigenvalue weighted by atomic mass is 79.9. The van der Waals surface area contributed by atoms with Gasteiger partial charge in [0.05, 0.1) is 3.79 Å². The van der Waals surface area contributed by atoms with E-state index in [0.717, 1.165) is 15.8 Å². The summed E-state index contributed by atoms with van der Waals surface area (Å²) in [5, 5.41) is 8.82. The molecule has 0 fully saturated rings. The van der Waals surface area contributed by atoms with E-state index in [9.17, 15) is 9.59 Å². The zero-order valence-corrected chi connectivity index (χ0v) is 13.3. The molecule has 7 heteroatoms. The molecular formula is C13H14BrN3O2S. The van der Waals surface area contributed by atoms with E-state index in [-0.39, 0.29) is 17.2 Å². The second-order valence-corrected chi connectivity index (χ2v) is 6.51. The van der Waals surface area contributed by atoms with Crippen LogP contribution in [-0.2, 0) is 13.1 Å². The van der Waals surface area contributed by atoms with Crippen molar-refractivity contribution in [2.24, 2.45) is 0 Å². The number of nitrogens with one attached hydrogen (secondary N) is 1. The highest BCUT2D eigenvalue weighted by Gasteiger charge is 2.09. The van der Waals surface area contributed by atoms with Gasteiger partial charge >= 0.3 is 0 Å². The molecule has 0 spiro atoms. The third kappa shape index (κ3) is 3.77. The zero-order chi connectivity index (χ0) is 14.5. The number of aromatic nitrogens is 2. The summed E-state index contributed by atoms with van der Waals surface area (Å²) in [6.07, 6.45) is 0.793. The molecule has 0 atom stereocenters. The molecule has 20 heavy (non-hydrogen) atoms. The topological polar surface area (TPSA) is 64.0 Å². The predicted molar refractivity (Wildman–Crippen MR) is 82.0 cm³/mol. The summed E-state index contributed by atoms with van der Waals surface area (Å²) in [5.74, 6) is -0.280. The Morgan fingerprint density at radius 2 is 2.30 bits per heavy atom. The molecule has 106 valence electrons. The lowest BCUT2D eigenvalue weighted by Crippen LogP contribution is -2.29. The molecule has 0 aliphatic carbocycles. The Morgan fingerprint density at radius 3 is 2.95 bits per heavy atom. The number of aryl methyl sites for hydroxylation is 1. The van der Waals surface area contributed by atoms with Crippen LogP contribution in [-0.4, -0.2) is 15.7 Å². The van der Waals surface area contributed by atoms with Crippen LogP contribution in [0.1, 0.15) is 29.4 Å². The third-order valence-corrected chi connectivity index (χ3v) is 4.16. The molecule has 0 saturated heterocycles. The summed E-state index contributed by atoms with van der Waals surface area (Å²) >= 11 is 4.94. The van der Waals surface area contributed by atoms with E-state index in [1.54, 1.807) is 11.3 Å². The van der Waals surface area contributed by atoms with Gasteiger partial charge in [0.1, 0.15) is 5.69 Å². The van der Waals surface area contributed by atoms with Crippen molar-refractivity contribution in [2.75, 3.05) is 0 Å². The summed E-state index contributed by atoms with van der Waals surface area (Å²) in [6.45, 7) is 2.91. The van der Waals surface area contributed by atoms with Crippen molar-refractivity contribution >= 4 is 33.2 Å². The fourth-order valence-corrected chi connectivity index (χ4v) is 2.86. The second kappa shape index (κ2) is 6.81. The number of halogens is 1. The van der Waals surface area contributed by atoms with Gasteiger partial charge in [0.2, 0.25) is 0 Å². The Bertz CT molecular complexity index is 666. The molecule has 2 aromatic heterocycles. The summed E-state index contributed by atoms with van der Waals surface area (Å²) < 4.78 is 2.34. The van der Waals surface area contributed by atoms with E-state index in [0.29, 0.717) is 13.1 Å². The van der Waals surface area contributed by atoms with Crippen LogP contribution in [0, 0.1) is 0 Å². The summed E-state index contributed by atoms with van der Waals surface area (Å²) in [7, 11) is 0. The SMILES string of the molecule is CCCn1nc(C(=O)NCc2csc(Br)c2)ccc1=O. The Morgan fingerprint density at radius 1 is 1.50 bits per heavy atom. The smallest absolute Gasteiger partial charge is 0.271 e. The largest absolute Gasteiger partial charge is 0.347 e. The van der Waals surface area contributed by atoms with Crippen LogP contribution in [0.4, 0.5) is 0 Å². The van der Waals surface area contributed by atoms with E-state index in [1.807, 2.05) is 18.4 Å². The Hall–Kier alpha value is -1.47. The molecule has 0 aliphatic rings. The van der Waals surface area contributed by atoms with E-state index in [2.05, 4.69) is 26.3 Å². The first-order valence-electron chi connectivity index (χ1n) is 6.19. The van der Waals surface area contributed by atoms with Crippen molar-refractivity contribution in [3.8, 4) is 0 Å². The number of carbonyl (C=O) groups excluding carboxylic acids is 1. The van der Waals surface area contributed by atoms with Gasteiger partial charge in [0, 0.05) is 19.2 Å². The van der Waals surface area contributed by atoms with E-state index in [4.69, 9.17) is 0 Å². The van der Waals surface area contributed by atoms with Crippen LogP contribution in [0.3, 0.4) is 0 Å². The monoisotopic (exact) mass is 355 g/mol. The van der Waals surface area contributed by atoms with Crippen LogP contribution in [0.5, 0.6) is 0 Å². The van der Waals surface area contributed by atoms with Gasteiger partial charge in [-0.1, -0.05) is 6.92 Å².